The van der Waals surface area contributed by atoms with Crippen LogP contribution < -0.4 is 11.1 Å². The van der Waals surface area contributed by atoms with Gasteiger partial charge in [0.15, 0.2) is 0 Å². The summed E-state index contributed by atoms with van der Waals surface area (Å²) in [6, 6.07) is 0.639. The molecular formula is C13H29N3O. The highest BCUT2D eigenvalue weighted by molar-refractivity contribution is 4.94. The molecule has 1 aliphatic rings. The van der Waals surface area contributed by atoms with E-state index in [4.69, 9.17) is 10.8 Å². The second-order valence-corrected chi connectivity index (χ2v) is 5.47. The molecule has 0 amide bonds. The third-order valence-corrected chi connectivity index (χ3v) is 3.96. The second kappa shape index (κ2) is 7.31. The van der Waals surface area contributed by atoms with Crippen LogP contribution in [-0.2, 0) is 0 Å². The third-order valence-electron chi connectivity index (χ3n) is 3.96. The van der Waals surface area contributed by atoms with Crippen LogP contribution in [0.2, 0.25) is 0 Å². The third kappa shape index (κ3) is 4.54. The van der Waals surface area contributed by atoms with Gasteiger partial charge in [-0.15, -0.1) is 0 Å². The number of likely N-dealkylation sites (tertiary alicyclic amines) is 1. The summed E-state index contributed by atoms with van der Waals surface area (Å²) in [5, 5.41) is 12.4. The molecule has 1 aliphatic heterocycles. The Morgan fingerprint density at radius 1 is 1.29 bits per heavy atom. The summed E-state index contributed by atoms with van der Waals surface area (Å²) >= 11 is 0. The Hall–Kier alpha value is -0.160. The van der Waals surface area contributed by atoms with Crippen molar-refractivity contribution in [2.75, 3.05) is 32.8 Å². The summed E-state index contributed by atoms with van der Waals surface area (Å²) in [5.41, 5.74) is 6.08. The van der Waals surface area contributed by atoms with Gasteiger partial charge in [0.2, 0.25) is 0 Å². The molecule has 0 aliphatic carbocycles. The zero-order chi connectivity index (χ0) is 12.7. The lowest BCUT2D eigenvalue weighted by molar-refractivity contribution is 0.113. The molecule has 1 fully saturated rings. The lowest BCUT2D eigenvalue weighted by Gasteiger charge is -2.43. The molecule has 17 heavy (non-hydrogen) atoms. The number of piperidine rings is 1. The molecule has 1 heterocycles. The molecule has 1 saturated heterocycles. The normalized spacial score (nSPS) is 21.0. The van der Waals surface area contributed by atoms with Crippen LogP contribution in [0.3, 0.4) is 0 Å². The van der Waals surface area contributed by atoms with Gasteiger partial charge in [-0.25, -0.2) is 0 Å². The van der Waals surface area contributed by atoms with Gasteiger partial charge in [0.1, 0.15) is 0 Å². The Labute approximate surface area is 106 Å². The minimum atomic E-state index is 0.140. The van der Waals surface area contributed by atoms with Crippen LogP contribution in [0, 0.1) is 0 Å². The number of nitrogens with zero attached hydrogens (tertiary/aromatic N) is 1. The van der Waals surface area contributed by atoms with Crippen molar-refractivity contribution in [2.45, 2.75) is 51.1 Å². The molecule has 0 saturated carbocycles. The van der Waals surface area contributed by atoms with E-state index >= 15 is 0 Å². The molecule has 4 heteroatoms. The molecule has 0 aromatic carbocycles. The minimum Gasteiger partial charge on any atom is -0.396 e. The van der Waals surface area contributed by atoms with E-state index in [2.05, 4.69) is 24.1 Å². The molecule has 0 radical (unpaired) electrons. The maximum atomic E-state index is 8.76. The van der Waals surface area contributed by atoms with E-state index in [1.54, 1.807) is 0 Å². The van der Waals surface area contributed by atoms with Crippen molar-refractivity contribution in [3.05, 3.63) is 0 Å². The molecule has 0 bridgehead atoms. The SMILES string of the molecule is CC(C)N1CCC(CN)(NCCCCO)CC1. The number of nitrogens with one attached hydrogen (secondary N) is 1. The summed E-state index contributed by atoms with van der Waals surface area (Å²) in [7, 11) is 0. The van der Waals surface area contributed by atoms with Gasteiger partial charge in [0, 0.05) is 37.8 Å². The standard InChI is InChI=1S/C13H29N3O/c1-12(2)16-8-5-13(11-14,6-9-16)15-7-3-4-10-17/h12,15,17H,3-11,14H2,1-2H3. The van der Waals surface area contributed by atoms with Gasteiger partial charge < -0.3 is 21.1 Å². The van der Waals surface area contributed by atoms with Gasteiger partial charge in [-0.3, -0.25) is 0 Å². The number of hydrogen-bond donors (Lipinski definition) is 3. The van der Waals surface area contributed by atoms with Crippen LogP contribution in [0.5, 0.6) is 0 Å². The average Bonchev–Trinajstić information content (AvgIpc) is 2.35. The molecule has 1 rings (SSSR count). The Kier molecular flexibility index (Phi) is 6.41. The molecule has 0 aromatic heterocycles. The van der Waals surface area contributed by atoms with Crippen molar-refractivity contribution in [1.29, 1.82) is 0 Å². The first kappa shape index (κ1) is 14.9. The largest absolute Gasteiger partial charge is 0.396 e. The Bertz CT molecular complexity index is 201. The summed E-state index contributed by atoms with van der Waals surface area (Å²) in [5.74, 6) is 0. The highest BCUT2D eigenvalue weighted by Gasteiger charge is 2.33. The molecule has 4 nitrogen and oxygen atoms in total. The van der Waals surface area contributed by atoms with Crippen LogP contribution in [-0.4, -0.2) is 54.4 Å². The predicted molar refractivity (Wildman–Crippen MR) is 72.1 cm³/mol. The highest BCUT2D eigenvalue weighted by Crippen LogP contribution is 2.22. The molecule has 4 N–H and O–H groups in total. The van der Waals surface area contributed by atoms with E-state index in [1.165, 1.54) is 0 Å². The topological polar surface area (TPSA) is 61.5 Å². The van der Waals surface area contributed by atoms with E-state index in [0.29, 0.717) is 12.6 Å². The fraction of sp³-hybridized carbons (Fsp3) is 1.00. The van der Waals surface area contributed by atoms with Gasteiger partial charge in [-0.1, -0.05) is 0 Å². The van der Waals surface area contributed by atoms with E-state index in [-0.39, 0.29) is 5.54 Å². The van der Waals surface area contributed by atoms with Gasteiger partial charge in [-0.05, 0) is 46.1 Å². The average molecular weight is 243 g/mol. The number of unbranched alkanes of at least 4 members (excludes halogenated alkanes) is 1. The van der Waals surface area contributed by atoms with Gasteiger partial charge in [-0.2, -0.15) is 0 Å². The molecule has 0 aromatic rings. The highest BCUT2D eigenvalue weighted by atomic mass is 16.2. The Morgan fingerprint density at radius 3 is 2.41 bits per heavy atom. The van der Waals surface area contributed by atoms with Crippen molar-refractivity contribution in [3.63, 3.8) is 0 Å². The lowest BCUT2D eigenvalue weighted by atomic mass is 9.87. The van der Waals surface area contributed by atoms with Gasteiger partial charge in [0.25, 0.3) is 0 Å². The Morgan fingerprint density at radius 2 is 1.94 bits per heavy atom. The lowest BCUT2D eigenvalue weighted by Crippen LogP contribution is -2.58. The van der Waals surface area contributed by atoms with Gasteiger partial charge >= 0.3 is 0 Å². The van der Waals surface area contributed by atoms with Crippen molar-refractivity contribution in [3.8, 4) is 0 Å². The van der Waals surface area contributed by atoms with E-state index in [0.717, 1.165) is 51.9 Å². The number of hydrogen-bond acceptors (Lipinski definition) is 4. The predicted octanol–water partition coefficient (Wildman–Crippen LogP) is 0.550. The number of rotatable bonds is 7. The van der Waals surface area contributed by atoms with Gasteiger partial charge in [0.05, 0.1) is 0 Å². The number of aliphatic hydroxyl groups is 1. The van der Waals surface area contributed by atoms with Crippen LogP contribution in [0.15, 0.2) is 0 Å². The van der Waals surface area contributed by atoms with Crippen molar-refractivity contribution in [1.82, 2.24) is 10.2 Å². The maximum Gasteiger partial charge on any atom is 0.0431 e. The second-order valence-electron chi connectivity index (χ2n) is 5.47. The zero-order valence-electron chi connectivity index (χ0n) is 11.4. The van der Waals surface area contributed by atoms with Crippen LogP contribution in [0.4, 0.5) is 0 Å². The number of aliphatic hydroxyl groups excluding tert-OH is 1. The fourth-order valence-corrected chi connectivity index (χ4v) is 2.51. The fourth-order valence-electron chi connectivity index (χ4n) is 2.51. The van der Waals surface area contributed by atoms with E-state index in [9.17, 15) is 0 Å². The van der Waals surface area contributed by atoms with E-state index < -0.39 is 0 Å². The van der Waals surface area contributed by atoms with Crippen molar-refractivity contribution < 1.29 is 5.11 Å². The monoisotopic (exact) mass is 243 g/mol. The molecular weight excluding hydrogens is 214 g/mol. The summed E-state index contributed by atoms with van der Waals surface area (Å²) in [6.45, 7) is 8.77. The zero-order valence-corrected chi connectivity index (χ0v) is 11.4. The summed E-state index contributed by atoms with van der Waals surface area (Å²) in [6.07, 6.45) is 4.19. The quantitative estimate of drug-likeness (QED) is 0.572. The van der Waals surface area contributed by atoms with Crippen LogP contribution in [0.1, 0.15) is 39.5 Å². The minimum absolute atomic E-state index is 0.140. The molecule has 0 unspecified atom stereocenters. The van der Waals surface area contributed by atoms with Crippen LogP contribution >= 0.6 is 0 Å². The van der Waals surface area contributed by atoms with Crippen molar-refractivity contribution in [2.24, 2.45) is 5.73 Å². The first-order valence-electron chi connectivity index (χ1n) is 6.93. The first-order valence-corrected chi connectivity index (χ1v) is 6.93. The molecule has 0 atom stereocenters. The smallest absolute Gasteiger partial charge is 0.0431 e. The molecule has 102 valence electrons. The Balaban J connectivity index is 2.33. The number of nitrogens with two attached hydrogens (primary N) is 1. The molecule has 0 spiro atoms. The van der Waals surface area contributed by atoms with Crippen molar-refractivity contribution >= 4 is 0 Å². The van der Waals surface area contributed by atoms with E-state index in [1.807, 2.05) is 0 Å². The summed E-state index contributed by atoms with van der Waals surface area (Å²) < 4.78 is 0. The summed E-state index contributed by atoms with van der Waals surface area (Å²) in [4.78, 5) is 2.52. The van der Waals surface area contributed by atoms with Crippen LogP contribution in [0.25, 0.3) is 0 Å². The first-order chi connectivity index (χ1) is 8.13. The maximum absolute atomic E-state index is 8.76.